The van der Waals surface area contributed by atoms with Crippen LogP contribution in [0.25, 0.3) is 0 Å². The first kappa shape index (κ1) is 16.6. The van der Waals surface area contributed by atoms with E-state index in [9.17, 15) is 14.7 Å². The highest BCUT2D eigenvalue weighted by Crippen LogP contribution is 1.90. The predicted molar refractivity (Wildman–Crippen MR) is 67.1 cm³/mol. The summed E-state index contributed by atoms with van der Waals surface area (Å²) in [5.41, 5.74) is 0. The molecular weight excluding hydrogens is 238 g/mol. The second kappa shape index (κ2) is 9.58. The molecule has 0 saturated heterocycles. The van der Waals surface area contributed by atoms with Gasteiger partial charge < -0.3 is 15.2 Å². The Hall–Kier alpha value is -1.44. The van der Waals surface area contributed by atoms with Gasteiger partial charge in [0.05, 0.1) is 19.3 Å². The number of rotatable bonds is 8. The molecule has 7 heteroatoms. The highest BCUT2D eigenvalue weighted by molar-refractivity contribution is 5.95. The van der Waals surface area contributed by atoms with E-state index in [0.29, 0.717) is 6.54 Å². The van der Waals surface area contributed by atoms with E-state index in [0.717, 1.165) is 0 Å². The molecule has 3 amide bonds. The smallest absolute Gasteiger partial charge is 0.321 e. The molecule has 0 aliphatic carbocycles. The van der Waals surface area contributed by atoms with Crippen LogP contribution in [0.2, 0.25) is 0 Å². The largest absolute Gasteiger partial charge is 0.389 e. The number of hydrogen-bond acceptors (Lipinski definition) is 5. The van der Waals surface area contributed by atoms with Gasteiger partial charge >= 0.3 is 6.03 Å². The number of nitrogens with zero attached hydrogens (tertiary/aromatic N) is 1. The molecule has 0 aliphatic heterocycles. The summed E-state index contributed by atoms with van der Waals surface area (Å²) >= 11 is 0. The van der Waals surface area contributed by atoms with Crippen molar-refractivity contribution >= 4 is 11.9 Å². The van der Waals surface area contributed by atoms with Crippen molar-refractivity contribution in [2.45, 2.75) is 6.10 Å². The minimum absolute atomic E-state index is 0.0162. The molecule has 1 unspecified atom stereocenters. The molecule has 0 heterocycles. The number of ether oxygens (including phenoxy) is 1. The molecule has 104 valence electrons. The van der Waals surface area contributed by atoms with Gasteiger partial charge in [-0.2, -0.15) is 0 Å². The number of aliphatic hydroxyl groups is 1. The number of methoxy groups -OCH3 is 1. The molecule has 0 fully saturated rings. The average molecular weight is 259 g/mol. The maximum absolute atomic E-state index is 11.4. The molecule has 0 radical (unpaired) electrons. The van der Waals surface area contributed by atoms with Crippen molar-refractivity contribution in [3.8, 4) is 0 Å². The minimum Gasteiger partial charge on any atom is -0.389 e. The van der Waals surface area contributed by atoms with E-state index in [4.69, 9.17) is 4.74 Å². The molecule has 0 rings (SSSR count). The van der Waals surface area contributed by atoms with Gasteiger partial charge in [-0.05, 0) is 7.05 Å². The van der Waals surface area contributed by atoms with Crippen molar-refractivity contribution in [2.75, 3.05) is 40.4 Å². The van der Waals surface area contributed by atoms with Crippen LogP contribution in [0.15, 0.2) is 12.7 Å². The fourth-order valence-corrected chi connectivity index (χ4v) is 1.29. The molecule has 0 saturated carbocycles. The Bertz CT molecular complexity index is 283. The van der Waals surface area contributed by atoms with Crippen LogP contribution in [0.1, 0.15) is 0 Å². The highest BCUT2D eigenvalue weighted by Gasteiger charge is 2.13. The summed E-state index contributed by atoms with van der Waals surface area (Å²) in [6.07, 6.45) is 0.847. The Morgan fingerprint density at radius 1 is 1.56 bits per heavy atom. The predicted octanol–water partition coefficient (Wildman–Crippen LogP) is -1.06. The zero-order valence-corrected chi connectivity index (χ0v) is 10.8. The van der Waals surface area contributed by atoms with Gasteiger partial charge in [-0.3, -0.25) is 15.0 Å². The van der Waals surface area contributed by atoms with Crippen LogP contribution in [-0.2, 0) is 9.53 Å². The van der Waals surface area contributed by atoms with Gasteiger partial charge in [-0.1, -0.05) is 6.08 Å². The van der Waals surface area contributed by atoms with Crippen LogP contribution in [0.4, 0.5) is 4.79 Å². The van der Waals surface area contributed by atoms with E-state index in [1.54, 1.807) is 11.9 Å². The monoisotopic (exact) mass is 259 g/mol. The van der Waals surface area contributed by atoms with Crippen LogP contribution < -0.4 is 10.6 Å². The number of urea groups is 1. The molecule has 0 aliphatic rings. The van der Waals surface area contributed by atoms with Crippen LogP contribution >= 0.6 is 0 Å². The SMILES string of the molecule is C=CCNC(=O)NC(=O)CN(C)CC(O)COC. The molecule has 0 aromatic carbocycles. The number of likely N-dealkylation sites (N-methyl/N-ethyl adjacent to an activating group) is 1. The zero-order chi connectivity index (χ0) is 14.0. The number of imide groups is 1. The summed E-state index contributed by atoms with van der Waals surface area (Å²) in [6, 6.07) is -0.564. The Balaban J connectivity index is 3.85. The van der Waals surface area contributed by atoms with Crippen LogP contribution in [0, 0.1) is 0 Å². The van der Waals surface area contributed by atoms with Crippen LogP contribution in [0.5, 0.6) is 0 Å². The van der Waals surface area contributed by atoms with Gasteiger partial charge in [0.15, 0.2) is 0 Å². The van der Waals surface area contributed by atoms with Crippen LogP contribution in [-0.4, -0.2) is 68.4 Å². The summed E-state index contributed by atoms with van der Waals surface area (Å²) in [5.74, 6) is -0.441. The van der Waals surface area contributed by atoms with Gasteiger partial charge in [-0.15, -0.1) is 6.58 Å². The number of aliphatic hydroxyl groups excluding tert-OH is 1. The quantitative estimate of drug-likeness (QED) is 0.483. The lowest BCUT2D eigenvalue weighted by atomic mass is 10.3. The molecule has 0 bridgehead atoms. The molecule has 1 atom stereocenters. The molecular formula is C11H21N3O4. The molecule has 0 aromatic rings. The second-order valence-electron chi connectivity index (χ2n) is 3.85. The van der Waals surface area contributed by atoms with Gasteiger partial charge in [0.25, 0.3) is 0 Å². The third-order valence-corrected chi connectivity index (χ3v) is 1.95. The fraction of sp³-hybridized carbons (Fsp3) is 0.636. The minimum atomic E-state index is -0.664. The van der Waals surface area contributed by atoms with E-state index in [2.05, 4.69) is 17.2 Å². The normalized spacial score (nSPS) is 12.0. The maximum Gasteiger partial charge on any atom is 0.321 e. The summed E-state index contributed by atoms with van der Waals surface area (Å²) < 4.78 is 4.77. The molecule has 0 spiro atoms. The van der Waals surface area contributed by atoms with Crippen molar-refractivity contribution in [3.63, 3.8) is 0 Å². The van der Waals surface area contributed by atoms with Gasteiger partial charge in [0.2, 0.25) is 5.91 Å². The standard InChI is InChI=1S/C11H21N3O4/c1-4-5-12-11(17)13-10(16)7-14(2)6-9(15)8-18-3/h4,9,15H,1,5-8H2,2-3H3,(H2,12,13,16,17). The van der Waals surface area contributed by atoms with E-state index in [-0.39, 0.29) is 19.7 Å². The van der Waals surface area contributed by atoms with Gasteiger partial charge in [0, 0.05) is 20.2 Å². The van der Waals surface area contributed by atoms with Crippen molar-refractivity contribution in [1.82, 2.24) is 15.5 Å². The lowest BCUT2D eigenvalue weighted by Crippen LogP contribution is -2.45. The number of amides is 3. The van der Waals surface area contributed by atoms with E-state index < -0.39 is 18.0 Å². The number of nitrogens with one attached hydrogen (secondary N) is 2. The summed E-state index contributed by atoms with van der Waals surface area (Å²) in [4.78, 5) is 24.2. The average Bonchev–Trinajstić information content (AvgIpc) is 2.25. The number of carbonyl (C=O) groups is 2. The summed E-state index contributed by atoms with van der Waals surface area (Å²) in [5, 5.41) is 14.0. The van der Waals surface area contributed by atoms with E-state index in [1.165, 1.54) is 13.2 Å². The molecule has 18 heavy (non-hydrogen) atoms. The molecule has 7 nitrogen and oxygen atoms in total. The van der Waals surface area contributed by atoms with E-state index in [1.807, 2.05) is 0 Å². The third kappa shape index (κ3) is 8.68. The van der Waals surface area contributed by atoms with Crippen molar-refractivity contribution in [2.24, 2.45) is 0 Å². The maximum atomic E-state index is 11.4. The van der Waals surface area contributed by atoms with Crippen molar-refractivity contribution in [3.05, 3.63) is 12.7 Å². The number of hydrogen-bond donors (Lipinski definition) is 3. The molecule has 0 aromatic heterocycles. The molecule has 3 N–H and O–H groups in total. The van der Waals surface area contributed by atoms with Crippen LogP contribution in [0.3, 0.4) is 0 Å². The first-order chi connectivity index (χ1) is 8.49. The van der Waals surface area contributed by atoms with Crippen molar-refractivity contribution in [1.29, 1.82) is 0 Å². The van der Waals surface area contributed by atoms with Gasteiger partial charge in [0.1, 0.15) is 0 Å². The Labute approximate surface area is 107 Å². The lowest BCUT2D eigenvalue weighted by molar-refractivity contribution is -0.121. The summed E-state index contributed by atoms with van der Waals surface area (Å²) in [6.45, 7) is 4.23. The third-order valence-electron chi connectivity index (χ3n) is 1.95. The Morgan fingerprint density at radius 2 is 2.22 bits per heavy atom. The number of carbonyl (C=O) groups excluding carboxylic acids is 2. The van der Waals surface area contributed by atoms with Crippen molar-refractivity contribution < 1.29 is 19.4 Å². The van der Waals surface area contributed by atoms with E-state index >= 15 is 0 Å². The second-order valence-corrected chi connectivity index (χ2v) is 3.85. The summed E-state index contributed by atoms with van der Waals surface area (Å²) in [7, 11) is 3.15. The topological polar surface area (TPSA) is 90.9 Å². The first-order valence-corrected chi connectivity index (χ1v) is 5.53. The van der Waals surface area contributed by atoms with Gasteiger partial charge in [-0.25, -0.2) is 4.79 Å². The highest BCUT2D eigenvalue weighted by atomic mass is 16.5. The lowest BCUT2D eigenvalue weighted by Gasteiger charge is -2.19. The fourth-order valence-electron chi connectivity index (χ4n) is 1.29. The Morgan fingerprint density at radius 3 is 2.78 bits per heavy atom. The zero-order valence-electron chi connectivity index (χ0n) is 10.8. The first-order valence-electron chi connectivity index (χ1n) is 5.53. The Kier molecular flexibility index (Phi) is 8.81.